The zero-order valence-electron chi connectivity index (χ0n) is 13.2. The summed E-state index contributed by atoms with van der Waals surface area (Å²) in [4.78, 5) is 0. The van der Waals surface area contributed by atoms with Crippen LogP contribution in [0.3, 0.4) is 0 Å². The molecular formula is C16H24N4O. The van der Waals surface area contributed by atoms with E-state index in [2.05, 4.69) is 29.5 Å². The Labute approximate surface area is 126 Å². The molecule has 5 nitrogen and oxygen atoms in total. The molecule has 0 aliphatic heterocycles. The first kappa shape index (κ1) is 15.7. The molecule has 0 radical (unpaired) electrons. The Kier molecular flexibility index (Phi) is 5.09. The second-order valence-electron chi connectivity index (χ2n) is 5.10. The molecule has 5 heteroatoms. The molecule has 0 spiro atoms. The third kappa shape index (κ3) is 2.84. The molecule has 2 rings (SSSR count). The number of hydrogen-bond acceptors (Lipinski definition) is 4. The molecule has 0 saturated carbocycles. The van der Waals surface area contributed by atoms with Gasteiger partial charge in [0.05, 0.1) is 29.2 Å². The van der Waals surface area contributed by atoms with Gasteiger partial charge < -0.3 is 10.1 Å². The van der Waals surface area contributed by atoms with Crippen molar-refractivity contribution in [2.75, 3.05) is 14.2 Å². The van der Waals surface area contributed by atoms with Crippen molar-refractivity contribution in [3.8, 4) is 5.69 Å². The smallest absolute Gasteiger partial charge is 0.0883 e. The van der Waals surface area contributed by atoms with Gasteiger partial charge in [-0.15, -0.1) is 5.10 Å². The van der Waals surface area contributed by atoms with E-state index in [9.17, 15) is 0 Å². The summed E-state index contributed by atoms with van der Waals surface area (Å²) in [5, 5.41) is 11.7. The molecule has 21 heavy (non-hydrogen) atoms. The van der Waals surface area contributed by atoms with Gasteiger partial charge >= 0.3 is 0 Å². The van der Waals surface area contributed by atoms with Crippen LogP contribution in [0, 0.1) is 0 Å². The number of nitrogens with zero attached hydrogens (tertiary/aromatic N) is 3. The number of ether oxygens (including phenoxy) is 1. The Morgan fingerprint density at radius 3 is 2.43 bits per heavy atom. The van der Waals surface area contributed by atoms with Crippen molar-refractivity contribution in [1.29, 1.82) is 0 Å². The van der Waals surface area contributed by atoms with E-state index in [1.165, 1.54) is 0 Å². The summed E-state index contributed by atoms with van der Waals surface area (Å²) in [6.45, 7) is 4.29. The van der Waals surface area contributed by atoms with Crippen LogP contribution in [-0.2, 0) is 4.74 Å². The normalized spacial score (nSPS) is 13.3. The molecule has 1 aromatic heterocycles. The molecule has 0 fully saturated rings. The Balaban J connectivity index is 2.47. The minimum atomic E-state index is -0.275. The van der Waals surface area contributed by atoms with E-state index in [1.54, 1.807) is 7.11 Å². The van der Waals surface area contributed by atoms with E-state index in [4.69, 9.17) is 4.74 Å². The number of aromatic nitrogens is 3. The van der Waals surface area contributed by atoms with Crippen molar-refractivity contribution in [3.63, 3.8) is 0 Å². The zero-order chi connectivity index (χ0) is 15.3. The molecule has 114 valence electrons. The molecule has 0 saturated heterocycles. The molecule has 0 bridgehead atoms. The number of hydrogen-bond donors (Lipinski definition) is 1. The molecule has 1 heterocycles. The quantitative estimate of drug-likeness (QED) is 0.851. The molecular weight excluding hydrogens is 264 g/mol. The van der Waals surface area contributed by atoms with Crippen LogP contribution in [0.25, 0.3) is 5.69 Å². The summed E-state index contributed by atoms with van der Waals surface area (Å²) in [6, 6.07) is 10.1. The van der Waals surface area contributed by atoms with Crippen molar-refractivity contribution in [3.05, 3.63) is 42.2 Å². The third-order valence-electron chi connectivity index (χ3n) is 4.29. The van der Waals surface area contributed by atoms with E-state index in [-0.39, 0.29) is 11.6 Å². The summed E-state index contributed by atoms with van der Waals surface area (Å²) in [5.74, 6) is 0. The van der Waals surface area contributed by atoms with Gasteiger partial charge in [-0.05, 0) is 32.0 Å². The van der Waals surface area contributed by atoms with E-state index in [0.717, 1.165) is 24.2 Å². The summed E-state index contributed by atoms with van der Waals surface area (Å²) in [7, 11) is 3.72. The summed E-state index contributed by atoms with van der Waals surface area (Å²) >= 11 is 0. The number of benzene rings is 1. The fraction of sp³-hybridized carbons (Fsp3) is 0.500. The van der Waals surface area contributed by atoms with Crippen molar-refractivity contribution in [2.45, 2.75) is 38.3 Å². The SMILES string of the molecule is CCC(CC)(OC)C(NC)c1cnnn1-c1ccccc1. The number of rotatable bonds is 7. The number of para-hydroxylation sites is 1. The number of nitrogens with one attached hydrogen (secondary N) is 1. The molecule has 2 aromatic rings. The van der Waals surface area contributed by atoms with Crippen LogP contribution >= 0.6 is 0 Å². The van der Waals surface area contributed by atoms with Crippen molar-refractivity contribution < 1.29 is 4.74 Å². The van der Waals surface area contributed by atoms with Crippen LogP contribution in [-0.4, -0.2) is 34.8 Å². The molecule has 1 unspecified atom stereocenters. The second kappa shape index (κ2) is 6.83. The Bertz CT molecular complexity index is 540. The first-order valence-electron chi connectivity index (χ1n) is 7.40. The van der Waals surface area contributed by atoms with Gasteiger partial charge in [-0.3, -0.25) is 0 Å². The van der Waals surface area contributed by atoms with Crippen molar-refractivity contribution >= 4 is 0 Å². The van der Waals surface area contributed by atoms with Gasteiger partial charge in [0.2, 0.25) is 0 Å². The minimum Gasteiger partial charge on any atom is -0.376 e. The monoisotopic (exact) mass is 288 g/mol. The zero-order valence-corrected chi connectivity index (χ0v) is 13.2. The predicted octanol–water partition coefficient (Wildman–Crippen LogP) is 2.73. The van der Waals surface area contributed by atoms with Crippen LogP contribution in [0.5, 0.6) is 0 Å². The average molecular weight is 288 g/mol. The van der Waals surface area contributed by atoms with E-state index in [0.29, 0.717) is 0 Å². The number of likely N-dealkylation sites (N-methyl/N-ethyl adjacent to an activating group) is 1. The average Bonchev–Trinajstić information content (AvgIpc) is 3.02. The number of methoxy groups -OCH3 is 1. The Hall–Kier alpha value is -1.72. The van der Waals surface area contributed by atoms with Gasteiger partial charge in [-0.25, -0.2) is 4.68 Å². The largest absolute Gasteiger partial charge is 0.376 e. The predicted molar refractivity (Wildman–Crippen MR) is 83.5 cm³/mol. The van der Waals surface area contributed by atoms with Gasteiger partial charge in [0.25, 0.3) is 0 Å². The highest BCUT2D eigenvalue weighted by atomic mass is 16.5. The summed E-state index contributed by atoms with van der Waals surface area (Å²) < 4.78 is 7.75. The lowest BCUT2D eigenvalue weighted by Crippen LogP contribution is -2.44. The second-order valence-corrected chi connectivity index (χ2v) is 5.10. The highest BCUT2D eigenvalue weighted by Crippen LogP contribution is 2.35. The van der Waals surface area contributed by atoms with Crippen LogP contribution in [0.1, 0.15) is 38.4 Å². The molecule has 0 aliphatic rings. The Morgan fingerprint density at radius 1 is 1.24 bits per heavy atom. The maximum atomic E-state index is 5.87. The van der Waals surface area contributed by atoms with Crippen LogP contribution in [0.4, 0.5) is 0 Å². The molecule has 0 aliphatic carbocycles. The van der Waals surface area contributed by atoms with Crippen LogP contribution in [0.15, 0.2) is 36.5 Å². The highest BCUT2D eigenvalue weighted by molar-refractivity contribution is 5.32. The van der Waals surface area contributed by atoms with Gasteiger partial charge in [0.1, 0.15) is 0 Å². The van der Waals surface area contributed by atoms with Crippen molar-refractivity contribution in [1.82, 2.24) is 20.3 Å². The maximum absolute atomic E-state index is 5.87. The van der Waals surface area contributed by atoms with Crippen LogP contribution < -0.4 is 5.32 Å². The summed E-state index contributed by atoms with van der Waals surface area (Å²) in [6.07, 6.45) is 3.63. The van der Waals surface area contributed by atoms with Crippen molar-refractivity contribution in [2.24, 2.45) is 0 Å². The Morgan fingerprint density at radius 2 is 1.90 bits per heavy atom. The van der Waals surface area contributed by atoms with Gasteiger partial charge in [-0.1, -0.05) is 37.3 Å². The topological polar surface area (TPSA) is 52.0 Å². The van der Waals surface area contributed by atoms with Gasteiger partial charge in [0.15, 0.2) is 0 Å². The first-order valence-corrected chi connectivity index (χ1v) is 7.40. The van der Waals surface area contributed by atoms with Gasteiger partial charge in [0, 0.05) is 7.11 Å². The van der Waals surface area contributed by atoms with E-state index >= 15 is 0 Å². The molecule has 0 amide bonds. The lowest BCUT2D eigenvalue weighted by atomic mass is 9.86. The van der Waals surface area contributed by atoms with E-state index in [1.807, 2.05) is 48.3 Å². The molecule has 1 aromatic carbocycles. The molecule has 1 N–H and O–H groups in total. The standard InChI is InChI=1S/C16H24N4O/c1-5-16(6-2,21-4)15(17-3)14-12-18-19-20(14)13-10-8-7-9-11-13/h7-12,15,17H,5-6H2,1-4H3. The van der Waals surface area contributed by atoms with E-state index < -0.39 is 0 Å². The lowest BCUT2D eigenvalue weighted by molar-refractivity contribution is -0.0483. The lowest BCUT2D eigenvalue weighted by Gasteiger charge is -2.38. The highest BCUT2D eigenvalue weighted by Gasteiger charge is 2.38. The van der Waals surface area contributed by atoms with Crippen LogP contribution in [0.2, 0.25) is 0 Å². The molecule has 1 atom stereocenters. The fourth-order valence-corrected chi connectivity index (χ4v) is 2.95. The fourth-order valence-electron chi connectivity index (χ4n) is 2.95. The third-order valence-corrected chi connectivity index (χ3v) is 4.29. The summed E-state index contributed by atoms with van der Waals surface area (Å²) in [5.41, 5.74) is 1.74. The first-order chi connectivity index (χ1) is 10.2. The van der Waals surface area contributed by atoms with Gasteiger partial charge in [-0.2, -0.15) is 0 Å². The maximum Gasteiger partial charge on any atom is 0.0883 e. The minimum absolute atomic E-state index is 0.0210.